The molecule has 37 heavy (non-hydrogen) atoms. The van der Waals surface area contributed by atoms with E-state index in [1.165, 1.54) is 17.0 Å². The molecule has 0 saturated heterocycles. The molecule has 1 aromatic rings. The summed E-state index contributed by atoms with van der Waals surface area (Å²) in [5.74, 6) is -8.33. The lowest BCUT2D eigenvalue weighted by Gasteiger charge is -2.53. The average molecular weight is 517 g/mol. The van der Waals surface area contributed by atoms with E-state index < -0.39 is 58.7 Å². The number of benzene rings is 1. The minimum atomic E-state index is -2.64. The molecule has 1 aromatic carbocycles. The van der Waals surface area contributed by atoms with Crippen LogP contribution in [0.3, 0.4) is 0 Å². The number of phenolic OH excluding ortho intramolecular Hbond substituents is 1. The van der Waals surface area contributed by atoms with Crippen LogP contribution in [0.2, 0.25) is 0 Å². The second-order valence-corrected chi connectivity index (χ2v) is 10.6. The maximum absolute atomic E-state index is 13.6. The summed E-state index contributed by atoms with van der Waals surface area (Å²) in [6, 6.07) is 1.77. The van der Waals surface area contributed by atoms with Crippen molar-refractivity contribution in [3.05, 3.63) is 34.6 Å². The summed E-state index contributed by atoms with van der Waals surface area (Å²) in [6.45, 7) is 0.0830. The molecule has 0 heterocycles. The smallest absolute Gasteiger partial charge is 0.238 e. The molecule has 5 unspecified atom stereocenters. The highest BCUT2D eigenvalue weighted by Gasteiger charge is 2.66. The van der Waals surface area contributed by atoms with Crippen molar-refractivity contribution in [2.24, 2.45) is 23.5 Å². The molecule has 0 spiro atoms. The van der Waals surface area contributed by atoms with Crippen molar-refractivity contribution in [2.45, 2.75) is 30.6 Å². The highest BCUT2D eigenvalue weighted by Crippen LogP contribution is 2.53. The number of rotatable bonds is 5. The molecular weight excluding hydrogens is 484 g/mol. The Kier molecular flexibility index (Phi) is 6.65. The number of anilines is 1. The van der Waals surface area contributed by atoms with E-state index in [0.29, 0.717) is 11.3 Å². The maximum Gasteiger partial charge on any atom is 0.238 e. The Morgan fingerprint density at radius 2 is 1.81 bits per heavy atom. The Morgan fingerprint density at radius 1 is 1.16 bits per heavy atom. The van der Waals surface area contributed by atoms with Gasteiger partial charge in [-0.1, -0.05) is 0 Å². The standard InChI is InChI=1S/C25H32N4O8/c1-28(2)9-15(31)27-13-5-6-14(30)17-11(13)7-10-8-12-19(29(3)4)21(33)18(24(26)36)23(35)25(12,37)22(34)16(10)20(17)32/h5-6,10,12,18-19,21,30,33-34,37H,7-9H2,1-4H3,(H2,26,36)(H,27,31)/t10?,12?,18?,19?,21?,25-/m0/s1. The summed E-state index contributed by atoms with van der Waals surface area (Å²) in [6.07, 6.45) is -1.45. The van der Waals surface area contributed by atoms with E-state index in [2.05, 4.69) is 5.32 Å². The van der Waals surface area contributed by atoms with Gasteiger partial charge in [-0.2, -0.15) is 0 Å². The summed E-state index contributed by atoms with van der Waals surface area (Å²) in [7, 11) is 6.64. The first-order valence-corrected chi connectivity index (χ1v) is 11.9. The Hall–Kier alpha value is -3.32. The van der Waals surface area contributed by atoms with E-state index in [4.69, 9.17) is 5.73 Å². The number of amides is 2. The number of nitrogens with one attached hydrogen (secondary N) is 1. The lowest BCUT2D eigenvalue weighted by molar-refractivity contribution is -0.178. The predicted octanol–water partition coefficient (Wildman–Crippen LogP) is -1.21. The summed E-state index contributed by atoms with van der Waals surface area (Å²) < 4.78 is 0. The number of nitrogens with two attached hydrogens (primary N) is 1. The van der Waals surface area contributed by atoms with Crippen LogP contribution in [0.25, 0.3) is 0 Å². The highest BCUT2D eigenvalue weighted by molar-refractivity contribution is 6.16. The van der Waals surface area contributed by atoms with E-state index >= 15 is 0 Å². The largest absolute Gasteiger partial charge is 0.508 e. The van der Waals surface area contributed by atoms with Crippen molar-refractivity contribution >= 4 is 29.1 Å². The molecule has 12 nitrogen and oxygen atoms in total. The van der Waals surface area contributed by atoms with Crippen LogP contribution in [0.15, 0.2) is 23.5 Å². The molecule has 7 N–H and O–H groups in total. The number of nitrogens with zero attached hydrogens (tertiary/aromatic N) is 2. The van der Waals surface area contributed by atoms with Gasteiger partial charge in [-0.25, -0.2) is 0 Å². The van der Waals surface area contributed by atoms with E-state index in [9.17, 15) is 39.6 Å². The van der Waals surface area contributed by atoms with Crippen molar-refractivity contribution in [2.75, 3.05) is 40.1 Å². The van der Waals surface area contributed by atoms with Gasteiger partial charge in [0.2, 0.25) is 11.8 Å². The number of primary amides is 1. The van der Waals surface area contributed by atoms with Gasteiger partial charge in [0.05, 0.1) is 18.2 Å². The highest BCUT2D eigenvalue weighted by atomic mass is 16.3. The molecule has 0 aliphatic heterocycles. The summed E-state index contributed by atoms with van der Waals surface area (Å²) in [4.78, 5) is 54.7. The van der Waals surface area contributed by atoms with Crippen LogP contribution in [-0.2, 0) is 20.8 Å². The molecule has 4 rings (SSSR count). The third-order valence-corrected chi connectivity index (χ3v) is 7.71. The Balaban J connectivity index is 1.86. The van der Waals surface area contributed by atoms with Gasteiger partial charge in [0.25, 0.3) is 0 Å². The Morgan fingerprint density at radius 3 is 2.38 bits per heavy atom. The zero-order valence-electron chi connectivity index (χ0n) is 21.1. The van der Waals surface area contributed by atoms with Crippen LogP contribution in [0.4, 0.5) is 5.69 Å². The lowest BCUT2D eigenvalue weighted by atomic mass is 9.56. The summed E-state index contributed by atoms with van der Waals surface area (Å²) >= 11 is 0. The van der Waals surface area contributed by atoms with Gasteiger partial charge < -0.3 is 41.3 Å². The molecule has 1 fully saturated rings. The van der Waals surface area contributed by atoms with E-state index in [1.54, 1.807) is 33.1 Å². The molecule has 3 aliphatic rings. The molecule has 2 amide bonds. The number of hydrogen-bond donors (Lipinski definition) is 6. The molecule has 0 aromatic heterocycles. The minimum Gasteiger partial charge on any atom is -0.508 e. The van der Waals surface area contributed by atoms with Crippen LogP contribution in [0.1, 0.15) is 22.3 Å². The zero-order valence-corrected chi connectivity index (χ0v) is 21.1. The first-order chi connectivity index (χ1) is 17.2. The molecule has 6 atom stereocenters. The second-order valence-electron chi connectivity index (χ2n) is 10.6. The molecule has 200 valence electrons. The molecule has 3 aliphatic carbocycles. The van der Waals surface area contributed by atoms with Gasteiger partial charge in [0.15, 0.2) is 17.2 Å². The lowest BCUT2D eigenvalue weighted by Crippen LogP contribution is -2.71. The number of allylic oxidation sites excluding steroid dienone is 1. The van der Waals surface area contributed by atoms with Crippen molar-refractivity contribution in [3.8, 4) is 5.75 Å². The fourth-order valence-electron chi connectivity index (χ4n) is 6.20. The van der Waals surface area contributed by atoms with Crippen molar-refractivity contribution in [1.82, 2.24) is 9.80 Å². The summed E-state index contributed by atoms with van der Waals surface area (Å²) in [5.41, 5.74) is 3.03. The number of ketones is 2. The zero-order chi connectivity index (χ0) is 27.6. The fraction of sp³-hybridized carbons (Fsp3) is 0.520. The Bertz CT molecular complexity index is 1230. The number of aromatic hydroxyl groups is 1. The molecule has 0 bridgehead atoms. The number of fused-ring (bicyclic) bond motifs is 3. The van der Waals surface area contributed by atoms with Gasteiger partial charge in [0.1, 0.15) is 17.4 Å². The molecular formula is C25H32N4O8. The van der Waals surface area contributed by atoms with Gasteiger partial charge in [0, 0.05) is 23.2 Å². The predicted molar refractivity (Wildman–Crippen MR) is 131 cm³/mol. The number of aliphatic hydroxyl groups excluding tert-OH is 2. The average Bonchev–Trinajstić information content (AvgIpc) is 2.77. The Labute approximate surface area is 213 Å². The molecule has 12 heteroatoms. The van der Waals surface area contributed by atoms with Crippen LogP contribution in [0, 0.1) is 17.8 Å². The quantitative estimate of drug-likeness (QED) is 0.204. The number of carbonyl (C=O) groups is 4. The van der Waals surface area contributed by atoms with Gasteiger partial charge in [-0.05, 0) is 64.6 Å². The normalized spacial score (nSPS) is 31.2. The second kappa shape index (κ2) is 9.21. The number of Topliss-reactive ketones (excluding diaryl/α,β-unsaturated/α-hetero) is 2. The monoisotopic (exact) mass is 516 g/mol. The van der Waals surface area contributed by atoms with E-state index in [-0.39, 0.29) is 42.2 Å². The van der Waals surface area contributed by atoms with Crippen LogP contribution >= 0.6 is 0 Å². The number of hydrogen-bond acceptors (Lipinski definition) is 10. The van der Waals surface area contributed by atoms with Crippen molar-refractivity contribution in [1.29, 1.82) is 0 Å². The first-order valence-electron chi connectivity index (χ1n) is 11.9. The van der Waals surface area contributed by atoms with E-state index in [1.807, 2.05) is 0 Å². The maximum atomic E-state index is 13.6. The first kappa shape index (κ1) is 26.7. The number of aliphatic hydroxyl groups is 3. The van der Waals surface area contributed by atoms with E-state index in [0.717, 1.165) is 0 Å². The van der Waals surface area contributed by atoms with Crippen LogP contribution in [-0.4, -0.2) is 106 Å². The topological polar surface area (TPSA) is 194 Å². The molecule has 0 radical (unpaired) electrons. The molecule has 1 saturated carbocycles. The third-order valence-electron chi connectivity index (χ3n) is 7.71. The van der Waals surface area contributed by atoms with Gasteiger partial charge in [-0.3, -0.25) is 19.2 Å². The van der Waals surface area contributed by atoms with Crippen LogP contribution < -0.4 is 11.1 Å². The summed E-state index contributed by atoms with van der Waals surface area (Å²) in [5, 5.41) is 47.1. The van der Waals surface area contributed by atoms with Crippen LogP contribution in [0.5, 0.6) is 5.75 Å². The third kappa shape index (κ3) is 4.00. The van der Waals surface area contributed by atoms with Gasteiger partial charge >= 0.3 is 0 Å². The SMILES string of the molecule is CN(C)CC(=O)Nc1ccc(O)c2c1CC1CC3C(N(C)C)C(O)C(C(N)=O)C(=O)[C@@]3(O)C(O)=C1C2=O. The number of carbonyl (C=O) groups excluding carboxylic acids is 4. The minimum absolute atomic E-state index is 0.00105. The number of likely N-dealkylation sites (N-methyl/N-ethyl adjacent to an activating group) is 2. The van der Waals surface area contributed by atoms with Crippen molar-refractivity contribution in [3.63, 3.8) is 0 Å². The van der Waals surface area contributed by atoms with Crippen molar-refractivity contribution < 1.29 is 39.6 Å². The van der Waals surface area contributed by atoms with Gasteiger partial charge in [-0.15, -0.1) is 0 Å². The fourth-order valence-corrected chi connectivity index (χ4v) is 6.20. The number of phenols is 1.